The molecule has 2 atom stereocenters. The highest BCUT2D eigenvalue weighted by molar-refractivity contribution is 7.88. The summed E-state index contributed by atoms with van der Waals surface area (Å²) in [6.45, 7) is 4.96. The van der Waals surface area contributed by atoms with Gasteiger partial charge in [0.05, 0.1) is 19.0 Å². The molecule has 1 aromatic rings. The first-order chi connectivity index (χ1) is 13.0. The van der Waals surface area contributed by atoms with E-state index in [2.05, 4.69) is 17.6 Å². The number of morpholine rings is 1. The van der Waals surface area contributed by atoms with Gasteiger partial charge in [0.1, 0.15) is 0 Å². The molecule has 3 rings (SSSR count). The molecular formula is C19H29N3O4S. The predicted molar refractivity (Wildman–Crippen MR) is 103 cm³/mol. The molecule has 0 radical (unpaired) electrons. The molecule has 2 aliphatic rings. The van der Waals surface area contributed by atoms with E-state index in [9.17, 15) is 13.2 Å². The number of amides is 1. The number of carbonyl (C=O) groups excluding carboxylic acids is 1. The van der Waals surface area contributed by atoms with E-state index in [1.807, 2.05) is 24.3 Å². The fourth-order valence-corrected chi connectivity index (χ4v) is 5.24. The monoisotopic (exact) mass is 395 g/mol. The molecule has 1 amide bonds. The van der Waals surface area contributed by atoms with Gasteiger partial charge in [-0.1, -0.05) is 24.3 Å². The Morgan fingerprint density at radius 1 is 1.26 bits per heavy atom. The second-order valence-electron chi connectivity index (χ2n) is 7.33. The lowest BCUT2D eigenvalue weighted by molar-refractivity contribution is -0.126. The van der Waals surface area contributed by atoms with Gasteiger partial charge in [-0.3, -0.25) is 4.79 Å². The lowest BCUT2D eigenvalue weighted by atomic mass is 9.92. The van der Waals surface area contributed by atoms with Crippen molar-refractivity contribution in [2.75, 3.05) is 32.8 Å². The summed E-state index contributed by atoms with van der Waals surface area (Å²) >= 11 is 0. The molecule has 2 N–H and O–H groups in total. The van der Waals surface area contributed by atoms with Crippen LogP contribution in [0.25, 0.3) is 0 Å². The Bertz CT molecular complexity index is 747. The molecule has 2 saturated heterocycles. The molecule has 0 unspecified atom stereocenters. The van der Waals surface area contributed by atoms with Gasteiger partial charge in [-0.05, 0) is 37.4 Å². The number of rotatable bonds is 6. The van der Waals surface area contributed by atoms with Crippen molar-refractivity contribution >= 4 is 15.9 Å². The van der Waals surface area contributed by atoms with Crippen LogP contribution in [0.3, 0.4) is 0 Å². The van der Waals surface area contributed by atoms with Crippen LogP contribution >= 0.6 is 0 Å². The molecule has 27 heavy (non-hydrogen) atoms. The third-order valence-corrected chi connectivity index (χ3v) is 7.10. The average Bonchev–Trinajstić information content (AvgIpc) is 2.67. The Kier molecular flexibility index (Phi) is 6.86. The third-order valence-electron chi connectivity index (χ3n) is 5.27. The topological polar surface area (TPSA) is 87.7 Å². The molecule has 2 heterocycles. The maximum absolute atomic E-state index is 12.7. The van der Waals surface area contributed by atoms with E-state index >= 15 is 0 Å². The summed E-state index contributed by atoms with van der Waals surface area (Å²) in [5.41, 5.74) is 1.59. The molecule has 0 spiro atoms. The maximum atomic E-state index is 12.7. The van der Waals surface area contributed by atoms with E-state index in [0.29, 0.717) is 38.9 Å². The van der Waals surface area contributed by atoms with Crippen LogP contribution in [-0.2, 0) is 31.9 Å². The fourth-order valence-electron chi connectivity index (χ4n) is 3.68. The normalized spacial score (nSPS) is 24.5. The van der Waals surface area contributed by atoms with E-state index in [4.69, 9.17) is 4.74 Å². The first-order valence-corrected chi connectivity index (χ1v) is 11.2. The Morgan fingerprint density at radius 2 is 1.96 bits per heavy atom. The lowest BCUT2D eigenvalue weighted by Gasteiger charge is -2.27. The minimum absolute atomic E-state index is 0.0190. The standard InChI is InChI=1S/C19H29N3O4S/c1-15-12-16(6-7-20-15)19(23)21-13-17-4-2-3-5-18(17)14-27(24,25)22-8-10-26-11-9-22/h2-5,15-16,20H,6-14H2,1H3,(H,21,23)/t15-,16-/m0/s1. The number of piperidine rings is 1. The summed E-state index contributed by atoms with van der Waals surface area (Å²) < 4.78 is 32.1. The Hall–Kier alpha value is -1.48. The van der Waals surface area contributed by atoms with Crippen molar-refractivity contribution < 1.29 is 17.9 Å². The van der Waals surface area contributed by atoms with E-state index in [1.54, 1.807) is 0 Å². The number of benzene rings is 1. The molecule has 150 valence electrons. The molecule has 2 aliphatic heterocycles. The van der Waals surface area contributed by atoms with Crippen molar-refractivity contribution in [2.45, 2.75) is 38.1 Å². The van der Waals surface area contributed by atoms with E-state index < -0.39 is 10.0 Å². The molecule has 0 aliphatic carbocycles. The molecule has 7 nitrogen and oxygen atoms in total. The van der Waals surface area contributed by atoms with Gasteiger partial charge in [-0.25, -0.2) is 8.42 Å². The summed E-state index contributed by atoms with van der Waals surface area (Å²) in [6, 6.07) is 7.77. The first kappa shape index (κ1) is 20.3. The van der Waals surface area contributed by atoms with Crippen LogP contribution < -0.4 is 10.6 Å². The van der Waals surface area contributed by atoms with E-state index in [0.717, 1.165) is 30.5 Å². The summed E-state index contributed by atoms with van der Waals surface area (Å²) in [5, 5.41) is 6.35. The number of sulfonamides is 1. The number of carbonyl (C=O) groups is 1. The Morgan fingerprint density at radius 3 is 2.67 bits per heavy atom. The van der Waals surface area contributed by atoms with Crippen LogP contribution in [0.5, 0.6) is 0 Å². The predicted octanol–water partition coefficient (Wildman–Crippen LogP) is 0.853. The fraction of sp³-hybridized carbons (Fsp3) is 0.632. The van der Waals surface area contributed by atoms with Crippen molar-refractivity contribution in [2.24, 2.45) is 5.92 Å². The molecule has 0 bridgehead atoms. The largest absolute Gasteiger partial charge is 0.379 e. The van der Waals surface area contributed by atoms with Crippen LogP contribution in [0, 0.1) is 5.92 Å². The molecule has 0 saturated carbocycles. The molecule has 2 fully saturated rings. The highest BCUT2D eigenvalue weighted by atomic mass is 32.2. The van der Waals surface area contributed by atoms with Gasteiger partial charge in [-0.2, -0.15) is 4.31 Å². The summed E-state index contributed by atoms with van der Waals surface area (Å²) in [4.78, 5) is 12.5. The van der Waals surface area contributed by atoms with Crippen LogP contribution in [0.15, 0.2) is 24.3 Å². The van der Waals surface area contributed by atoms with Gasteiger partial charge in [0.2, 0.25) is 15.9 Å². The minimum Gasteiger partial charge on any atom is -0.379 e. The summed E-state index contributed by atoms with van der Waals surface area (Å²) in [5.74, 6) is 0.0170. The van der Waals surface area contributed by atoms with E-state index in [-0.39, 0.29) is 17.6 Å². The average molecular weight is 396 g/mol. The zero-order valence-electron chi connectivity index (χ0n) is 15.8. The van der Waals surface area contributed by atoms with E-state index in [1.165, 1.54) is 4.31 Å². The van der Waals surface area contributed by atoms with Crippen molar-refractivity contribution in [1.29, 1.82) is 0 Å². The van der Waals surface area contributed by atoms with Crippen LogP contribution in [-0.4, -0.2) is 57.5 Å². The van der Waals surface area contributed by atoms with Crippen LogP contribution in [0.4, 0.5) is 0 Å². The summed E-state index contributed by atoms with van der Waals surface area (Å²) in [6.07, 6.45) is 1.67. The van der Waals surface area contributed by atoms with Gasteiger partial charge in [0.25, 0.3) is 0 Å². The highest BCUT2D eigenvalue weighted by Crippen LogP contribution is 2.19. The Labute approximate surface area is 161 Å². The van der Waals surface area contributed by atoms with Crippen molar-refractivity contribution in [3.8, 4) is 0 Å². The number of ether oxygens (including phenoxy) is 1. The van der Waals surface area contributed by atoms with Gasteiger partial charge in [0.15, 0.2) is 0 Å². The zero-order valence-corrected chi connectivity index (χ0v) is 16.6. The first-order valence-electron chi connectivity index (χ1n) is 9.59. The molecule has 8 heteroatoms. The van der Waals surface area contributed by atoms with Gasteiger partial charge < -0.3 is 15.4 Å². The second kappa shape index (κ2) is 9.14. The number of hydrogen-bond acceptors (Lipinski definition) is 5. The quantitative estimate of drug-likeness (QED) is 0.746. The molecule has 1 aromatic carbocycles. The zero-order chi connectivity index (χ0) is 19.3. The number of hydrogen-bond donors (Lipinski definition) is 2. The van der Waals surface area contributed by atoms with Gasteiger partial charge >= 0.3 is 0 Å². The summed E-state index contributed by atoms with van der Waals surface area (Å²) in [7, 11) is -3.39. The minimum atomic E-state index is -3.39. The van der Waals surface area contributed by atoms with Crippen LogP contribution in [0.2, 0.25) is 0 Å². The van der Waals surface area contributed by atoms with Crippen molar-refractivity contribution in [1.82, 2.24) is 14.9 Å². The van der Waals surface area contributed by atoms with Crippen molar-refractivity contribution in [3.63, 3.8) is 0 Å². The number of nitrogens with zero attached hydrogens (tertiary/aromatic N) is 1. The lowest BCUT2D eigenvalue weighted by Crippen LogP contribution is -2.42. The number of nitrogens with one attached hydrogen (secondary N) is 2. The van der Waals surface area contributed by atoms with Crippen LogP contribution in [0.1, 0.15) is 30.9 Å². The third kappa shape index (κ3) is 5.51. The maximum Gasteiger partial charge on any atom is 0.223 e. The highest BCUT2D eigenvalue weighted by Gasteiger charge is 2.26. The Balaban J connectivity index is 1.62. The SMILES string of the molecule is C[C@H]1C[C@@H](C(=O)NCc2ccccc2CS(=O)(=O)N2CCOCC2)CCN1. The van der Waals surface area contributed by atoms with Gasteiger partial charge in [-0.15, -0.1) is 0 Å². The molecular weight excluding hydrogens is 366 g/mol. The van der Waals surface area contributed by atoms with Crippen molar-refractivity contribution in [3.05, 3.63) is 35.4 Å². The smallest absolute Gasteiger partial charge is 0.223 e. The molecule has 0 aromatic heterocycles. The van der Waals surface area contributed by atoms with Gasteiger partial charge in [0, 0.05) is 31.6 Å². The second-order valence-corrected chi connectivity index (χ2v) is 9.30.